The van der Waals surface area contributed by atoms with E-state index in [1.54, 1.807) is 0 Å². The summed E-state index contributed by atoms with van der Waals surface area (Å²) in [6.45, 7) is 0. The Balaban J connectivity index is 1.92. The number of alkyl halides is 2. The van der Waals surface area contributed by atoms with Gasteiger partial charge < -0.3 is 0 Å². The highest BCUT2D eigenvalue weighted by Crippen LogP contribution is 2.28. The smallest absolute Gasteiger partial charge is 0.0697 e. The van der Waals surface area contributed by atoms with Crippen molar-refractivity contribution in [2.75, 3.05) is 0 Å². The van der Waals surface area contributed by atoms with Crippen molar-refractivity contribution in [3.05, 3.63) is 0 Å². The van der Waals surface area contributed by atoms with Crippen molar-refractivity contribution in [1.82, 2.24) is 0 Å². The number of hydrogen-bond donors (Lipinski definition) is 0. The molecule has 0 aromatic rings. The van der Waals surface area contributed by atoms with Gasteiger partial charge in [0, 0.05) is 0 Å². The number of unbranched alkanes of at least 4 members (excludes halogenated alkanes) is 1. The molecule has 0 aromatic carbocycles. The molecule has 13 heavy (non-hydrogen) atoms. The van der Waals surface area contributed by atoms with Crippen molar-refractivity contribution in [2.24, 2.45) is 5.92 Å². The van der Waals surface area contributed by atoms with E-state index in [0.717, 1.165) is 5.92 Å². The van der Waals surface area contributed by atoms with E-state index in [0.29, 0.717) is 3.74 Å². The van der Waals surface area contributed by atoms with Gasteiger partial charge in [-0.25, -0.2) is 0 Å². The molecular formula is C11H20Br2. The average Bonchev–Trinajstić information content (AvgIpc) is 2.14. The monoisotopic (exact) mass is 310 g/mol. The zero-order valence-corrected chi connectivity index (χ0v) is 11.4. The van der Waals surface area contributed by atoms with Crippen LogP contribution in [0.5, 0.6) is 0 Å². The summed E-state index contributed by atoms with van der Waals surface area (Å²) in [6, 6.07) is 0. The third-order valence-corrected chi connectivity index (χ3v) is 3.93. The first-order chi connectivity index (χ1) is 6.29. The molecular weight excluding hydrogens is 292 g/mol. The molecule has 78 valence electrons. The molecule has 0 spiro atoms. The lowest BCUT2D eigenvalue weighted by molar-refractivity contribution is 0.329. The van der Waals surface area contributed by atoms with Gasteiger partial charge in [-0.15, -0.1) is 0 Å². The highest BCUT2D eigenvalue weighted by molar-refractivity contribution is 9.24. The molecule has 0 heterocycles. The maximum Gasteiger partial charge on any atom is 0.0697 e. The van der Waals surface area contributed by atoms with Crippen LogP contribution in [0, 0.1) is 5.92 Å². The second-order valence-corrected chi connectivity index (χ2v) is 7.62. The maximum atomic E-state index is 3.52. The fourth-order valence-electron chi connectivity index (χ4n) is 2.21. The Bertz CT molecular complexity index is 117. The molecule has 0 aromatic heterocycles. The Hall–Kier alpha value is 0.960. The second kappa shape index (κ2) is 7.28. The fraction of sp³-hybridized carbons (Fsp3) is 1.00. The molecule has 0 atom stereocenters. The lowest BCUT2D eigenvalue weighted by atomic mass is 9.86. The van der Waals surface area contributed by atoms with Crippen LogP contribution in [-0.4, -0.2) is 3.74 Å². The molecule has 1 aliphatic rings. The highest BCUT2D eigenvalue weighted by atomic mass is 79.9. The minimum absolute atomic E-state index is 0.534. The Kier molecular flexibility index (Phi) is 6.74. The summed E-state index contributed by atoms with van der Waals surface area (Å²) in [5.41, 5.74) is 0. The lowest BCUT2D eigenvalue weighted by Crippen LogP contribution is -2.05. The van der Waals surface area contributed by atoms with Crippen LogP contribution in [0.3, 0.4) is 0 Å². The van der Waals surface area contributed by atoms with Gasteiger partial charge in [0.05, 0.1) is 3.74 Å². The Morgan fingerprint density at radius 1 is 1.00 bits per heavy atom. The summed E-state index contributed by atoms with van der Waals surface area (Å²) in [7, 11) is 0. The van der Waals surface area contributed by atoms with Crippen LogP contribution >= 0.6 is 31.9 Å². The van der Waals surface area contributed by atoms with Crippen molar-refractivity contribution in [3.8, 4) is 0 Å². The summed E-state index contributed by atoms with van der Waals surface area (Å²) in [5.74, 6) is 1.07. The van der Waals surface area contributed by atoms with Crippen LogP contribution in [0.25, 0.3) is 0 Å². The summed E-state index contributed by atoms with van der Waals surface area (Å²) in [4.78, 5) is 0. The van der Waals surface area contributed by atoms with Gasteiger partial charge in [0.2, 0.25) is 0 Å². The van der Waals surface area contributed by atoms with E-state index in [1.807, 2.05) is 0 Å². The summed E-state index contributed by atoms with van der Waals surface area (Å²) in [5, 5.41) is 0. The van der Waals surface area contributed by atoms with E-state index in [9.17, 15) is 0 Å². The number of rotatable bonds is 5. The Morgan fingerprint density at radius 3 is 2.31 bits per heavy atom. The molecule has 1 rings (SSSR count). The number of hydrogen-bond acceptors (Lipinski definition) is 0. The third-order valence-electron chi connectivity index (χ3n) is 3.01. The summed E-state index contributed by atoms with van der Waals surface area (Å²) in [6.07, 6.45) is 13.0. The molecule has 0 unspecified atom stereocenters. The molecule has 0 nitrogen and oxygen atoms in total. The predicted molar refractivity (Wildman–Crippen MR) is 66.7 cm³/mol. The normalized spacial score (nSPS) is 19.6. The minimum Gasteiger partial charge on any atom is -0.0765 e. The standard InChI is InChI=1S/C11H20Br2/c12-11(13)9-5-4-8-10-6-2-1-3-7-10/h10-11H,1-9H2. The maximum absolute atomic E-state index is 3.52. The van der Waals surface area contributed by atoms with Crippen LogP contribution in [0.2, 0.25) is 0 Å². The first-order valence-corrected chi connectivity index (χ1v) is 7.40. The van der Waals surface area contributed by atoms with Crippen LogP contribution < -0.4 is 0 Å². The van der Waals surface area contributed by atoms with Gasteiger partial charge in [0.15, 0.2) is 0 Å². The molecule has 1 aliphatic carbocycles. The molecule has 0 bridgehead atoms. The largest absolute Gasteiger partial charge is 0.0765 e. The molecule has 1 fully saturated rings. The highest BCUT2D eigenvalue weighted by Gasteiger charge is 2.12. The van der Waals surface area contributed by atoms with Crippen molar-refractivity contribution in [3.63, 3.8) is 0 Å². The molecule has 0 saturated heterocycles. The molecule has 0 aliphatic heterocycles. The topological polar surface area (TPSA) is 0 Å². The fourth-order valence-corrected chi connectivity index (χ4v) is 2.85. The van der Waals surface area contributed by atoms with Gasteiger partial charge in [0.25, 0.3) is 0 Å². The lowest BCUT2D eigenvalue weighted by Gasteiger charge is -2.21. The van der Waals surface area contributed by atoms with Gasteiger partial charge >= 0.3 is 0 Å². The zero-order chi connectivity index (χ0) is 9.52. The van der Waals surface area contributed by atoms with Gasteiger partial charge in [0.1, 0.15) is 0 Å². The van der Waals surface area contributed by atoms with Gasteiger partial charge in [-0.1, -0.05) is 83.2 Å². The van der Waals surface area contributed by atoms with Crippen LogP contribution in [0.1, 0.15) is 57.8 Å². The van der Waals surface area contributed by atoms with E-state index in [-0.39, 0.29) is 0 Å². The Labute approximate surface area is 99.1 Å². The van der Waals surface area contributed by atoms with Crippen LogP contribution in [0.4, 0.5) is 0 Å². The first-order valence-electron chi connectivity index (χ1n) is 5.57. The zero-order valence-electron chi connectivity index (χ0n) is 8.27. The molecule has 1 saturated carbocycles. The van der Waals surface area contributed by atoms with Crippen LogP contribution in [0.15, 0.2) is 0 Å². The van der Waals surface area contributed by atoms with E-state index in [1.165, 1.54) is 57.8 Å². The second-order valence-electron chi connectivity index (χ2n) is 4.18. The van der Waals surface area contributed by atoms with Crippen molar-refractivity contribution >= 4 is 31.9 Å². The van der Waals surface area contributed by atoms with Crippen molar-refractivity contribution < 1.29 is 0 Å². The van der Waals surface area contributed by atoms with E-state index < -0.39 is 0 Å². The van der Waals surface area contributed by atoms with Crippen molar-refractivity contribution in [2.45, 2.75) is 61.5 Å². The minimum atomic E-state index is 0.534. The average molecular weight is 312 g/mol. The van der Waals surface area contributed by atoms with Gasteiger partial charge in [-0.05, 0) is 12.3 Å². The molecule has 2 heteroatoms. The van der Waals surface area contributed by atoms with Gasteiger partial charge in [-0.3, -0.25) is 0 Å². The van der Waals surface area contributed by atoms with Crippen LogP contribution in [-0.2, 0) is 0 Å². The first kappa shape index (κ1) is 12.0. The molecule has 0 radical (unpaired) electrons. The number of halogens is 2. The molecule has 0 N–H and O–H groups in total. The summed E-state index contributed by atoms with van der Waals surface area (Å²) < 4.78 is 0.534. The van der Waals surface area contributed by atoms with Crippen molar-refractivity contribution in [1.29, 1.82) is 0 Å². The quantitative estimate of drug-likeness (QED) is 0.481. The van der Waals surface area contributed by atoms with E-state index >= 15 is 0 Å². The molecule has 0 amide bonds. The SMILES string of the molecule is BrC(Br)CCCCC1CCCCC1. The van der Waals surface area contributed by atoms with E-state index in [2.05, 4.69) is 31.9 Å². The van der Waals surface area contributed by atoms with Gasteiger partial charge in [-0.2, -0.15) is 0 Å². The third kappa shape index (κ3) is 6.11. The Morgan fingerprint density at radius 2 is 1.69 bits per heavy atom. The predicted octanol–water partition coefficient (Wildman–Crippen LogP) is 5.24. The van der Waals surface area contributed by atoms with E-state index in [4.69, 9.17) is 0 Å². The summed E-state index contributed by atoms with van der Waals surface area (Å²) >= 11 is 7.03.